The molecule has 0 saturated heterocycles. The number of hydrogen-bond acceptors (Lipinski definition) is 6. The van der Waals surface area contributed by atoms with Crippen molar-refractivity contribution in [3.63, 3.8) is 0 Å². The second kappa shape index (κ2) is 10.3. The van der Waals surface area contributed by atoms with Crippen LogP contribution in [0.5, 0.6) is 5.75 Å². The molecule has 1 heterocycles. The van der Waals surface area contributed by atoms with E-state index in [2.05, 4.69) is 6.92 Å². The summed E-state index contributed by atoms with van der Waals surface area (Å²) in [6, 6.07) is 9.24. The molecule has 0 bridgehead atoms. The molecule has 0 spiro atoms. The minimum absolute atomic E-state index is 0.0157. The first-order chi connectivity index (χ1) is 15.6. The van der Waals surface area contributed by atoms with Gasteiger partial charge in [0.15, 0.2) is 16.4 Å². The Labute approximate surface area is 199 Å². The summed E-state index contributed by atoms with van der Waals surface area (Å²) in [7, 11) is -3.72. The molecule has 1 atom stereocenters. The summed E-state index contributed by atoms with van der Waals surface area (Å²) < 4.78 is 46.5. The lowest BCUT2D eigenvalue weighted by Crippen LogP contribution is -2.37. The van der Waals surface area contributed by atoms with Crippen molar-refractivity contribution in [1.29, 1.82) is 0 Å². The number of ether oxygens (including phenoxy) is 1. The first kappa shape index (κ1) is 25.4. The summed E-state index contributed by atoms with van der Waals surface area (Å²) in [5, 5.41) is 9.03. The Bertz CT molecular complexity index is 1100. The molecular formula is C24H30FNO5S2. The van der Waals surface area contributed by atoms with Crippen molar-refractivity contribution in [3.05, 3.63) is 42.2 Å². The van der Waals surface area contributed by atoms with Gasteiger partial charge in [-0.25, -0.2) is 17.6 Å². The van der Waals surface area contributed by atoms with Crippen molar-refractivity contribution < 1.29 is 27.4 Å². The number of aliphatic carboxylic acids is 1. The molecular weight excluding hydrogens is 465 g/mol. The van der Waals surface area contributed by atoms with Gasteiger partial charge in [0.05, 0.1) is 21.2 Å². The number of carbonyl (C=O) groups is 1. The molecule has 0 radical (unpaired) electrons. The standard InChI is InChI=1S/C24H30FNO5S2/c1-4-6-11-24(5-2)15-26(18-9-7-17(25)8-10-18)19-12-21(32-3)20(31-14-23(27)28)13-22(19)33(29,30)16-24/h7-10,12-13H,4-6,11,14-16H2,1-3H3,(H,27,28)/t24-/m0/s1. The molecule has 0 saturated carbocycles. The van der Waals surface area contributed by atoms with Gasteiger partial charge in [-0.15, -0.1) is 11.8 Å². The number of hydrogen-bond donors (Lipinski definition) is 1. The van der Waals surface area contributed by atoms with E-state index in [1.54, 1.807) is 18.2 Å². The first-order valence-corrected chi connectivity index (χ1v) is 13.8. The van der Waals surface area contributed by atoms with Gasteiger partial charge in [-0.3, -0.25) is 0 Å². The normalized spacial score (nSPS) is 19.6. The van der Waals surface area contributed by atoms with Crippen LogP contribution in [-0.4, -0.2) is 44.7 Å². The first-order valence-electron chi connectivity index (χ1n) is 11.0. The number of fused-ring (bicyclic) bond motifs is 1. The summed E-state index contributed by atoms with van der Waals surface area (Å²) in [4.78, 5) is 13.7. The van der Waals surface area contributed by atoms with Crippen LogP contribution in [0.1, 0.15) is 39.5 Å². The minimum Gasteiger partial charge on any atom is -0.481 e. The maximum Gasteiger partial charge on any atom is 0.341 e. The van der Waals surface area contributed by atoms with Gasteiger partial charge in [0.25, 0.3) is 0 Å². The van der Waals surface area contributed by atoms with E-state index in [1.165, 1.54) is 30.0 Å². The Kier molecular flexibility index (Phi) is 7.95. The van der Waals surface area contributed by atoms with Crippen molar-refractivity contribution in [2.75, 3.05) is 30.1 Å². The van der Waals surface area contributed by atoms with E-state index in [9.17, 15) is 17.6 Å². The van der Waals surface area contributed by atoms with Crippen LogP contribution in [0.25, 0.3) is 0 Å². The zero-order chi connectivity index (χ0) is 24.2. The van der Waals surface area contributed by atoms with Crippen molar-refractivity contribution in [1.82, 2.24) is 0 Å². The smallest absolute Gasteiger partial charge is 0.341 e. The summed E-state index contributed by atoms with van der Waals surface area (Å²) in [5.74, 6) is -1.30. The number of nitrogens with zero attached hydrogens (tertiary/aromatic N) is 1. The van der Waals surface area contributed by atoms with Crippen molar-refractivity contribution >= 4 is 38.9 Å². The fourth-order valence-electron chi connectivity index (χ4n) is 4.29. The number of benzene rings is 2. The number of carboxylic acid groups (broad SMARTS) is 1. The molecule has 0 unspecified atom stereocenters. The number of rotatable bonds is 9. The van der Waals surface area contributed by atoms with Gasteiger partial charge in [0.1, 0.15) is 11.6 Å². The van der Waals surface area contributed by atoms with Crippen molar-refractivity contribution in [2.45, 2.75) is 49.3 Å². The fourth-order valence-corrected chi connectivity index (χ4v) is 7.02. The van der Waals surface area contributed by atoms with E-state index in [0.29, 0.717) is 29.2 Å². The zero-order valence-electron chi connectivity index (χ0n) is 19.1. The summed E-state index contributed by atoms with van der Waals surface area (Å²) in [6.07, 6.45) is 5.10. The average Bonchev–Trinajstić information content (AvgIpc) is 2.88. The van der Waals surface area contributed by atoms with Crippen LogP contribution in [0.2, 0.25) is 0 Å². The molecule has 0 aromatic heterocycles. The molecule has 1 aliphatic heterocycles. The van der Waals surface area contributed by atoms with Crippen LogP contribution >= 0.6 is 11.8 Å². The Morgan fingerprint density at radius 3 is 2.52 bits per heavy atom. The van der Waals surface area contributed by atoms with E-state index in [4.69, 9.17) is 9.84 Å². The van der Waals surface area contributed by atoms with Crippen LogP contribution in [0.3, 0.4) is 0 Å². The molecule has 0 aliphatic carbocycles. The van der Waals surface area contributed by atoms with E-state index < -0.39 is 27.8 Å². The topological polar surface area (TPSA) is 83.9 Å². The van der Waals surface area contributed by atoms with E-state index in [0.717, 1.165) is 19.3 Å². The van der Waals surface area contributed by atoms with Crippen LogP contribution in [0.15, 0.2) is 46.2 Å². The van der Waals surface area contributed by atoms with Gasteiger partial charge < -0.3 is 14.7 Å². The minimum atomic E-state index is -3.72. The van der Waals surface area contributed by atoms with E-state index >= 15 is 0 Å². The van der Waals surface area contributed by atoms with Gasteiger partial charge in [-0.2, -0.15) is 0 Å². The highest BCUT2D eigenvalue weighted by Crippen LogP contribution is 2.47. The monoisotopic (exact) mass is 495 g/mol. The Morgan fingerprint density at radius 1 is 1.24 bits per heavy atom. The molecule has 0 amide bonds. The van der Waals surface area contributed by atoms with Gasteiger partial charge in [-0.1, -0.05) is 26.7 Å². The van der Waals surface area contributed by atoms with Crippen LogP contribution in [0.4, 0.5) is 15.8 Å². The second-order valence-electron chi connectivity index (χ2n) is 8.43. The van der Waals surface area contributed by atoms with Gasteiger partial charge in [-0.05, 0) is 49.4 Å². The van der Waals surface area contributed by atoms with Gasteiger partial charge in [0, 0.05) is 23.7 Å². The molecule has 180 valence electrons. The predicted molar refractivity (Wildman–Crippen MR) is 129 cm³/mol. The number of sulfone groups is 1. The highest BCUT2D eigenvalue weighted by atomic mass is 32.2. The highest BCUT2D eigenvalue weighted by molar-refractivity contribution is 7.98. The molecule has 2 aromatic rings. The highest BCUT2D eigenvalue weighted by Gasteiger charge is 2.42. The lowest BCUT2D eigenvalue weighted by atomic mass is 9.81. The number of halogens is 1. The molecule has 33 heavy (non-hydrogen) atoms. The Morgan fingerprint density at radius 2 is 1.94 bits per heavy atom. The molecule has 2 aromatic carbocycles. The zero-order valence-corrected chi connectivity index (χ0v) is 20.8. The third-order valence-electron chi connectivity index (χ3n) is 6.16. The summed E-state index contributed by atoms with van der Waals surface area (Å²) in [6.45, 7) is 4.00. The Hall–Kier alpha value is -2.26. The molecule has 6 nitrogen and oxygen atoms in total. The molecule has 1 N–H and O–H groups in total. The molecule has 1 aliphatic rings. The van der Waals surface area contributed by atoms with Crippen LogP contribution < -0.4 is 9.64 Å². The maximum absolute atomic E-state index is 13.7. The summed E-state index contributed by atoms with van der Waals surface area (Å²) >= 11 is 1.35. The lowest BCUT2D eigenvalue weighted by Gasteiger charge is -2.36. The Balaban J connectivity index is 2.24. The third kappa shape index (κ3) is 5.63. The molecule has 0 fully saturated rings. The lowest BCUT2D eigenvalue weighted by molar-refractivity contribution is -0.139. The summed E-state index contributed by atoms with van der Waals surface area (Å²) in [5.41, 5.74) is 0.722. The van der Waals surface area contributed by atoms with Gasteiger partial charge in [0.2, 0.25) is 0 Å². The second-order valence-corrected chi connectivity index (χ2v) is 11.2. The van der Waals surface area contributed by atoms with Crippen molar-refractivity contribution in [3.8, 4) is 5.75 Å². The quantitative estimate of drug-likeness (QED) is 0.458. The van der Waals surface area contributed by atoms with Gasteiger partial charge >= 0.3 is 5.97 Å². The number of thioether (sulfide) groups is 1. The SMILES string of the molecule is CCCC[C@@]1(CC)CN(c2ccc(F)cc2)c2cc(SC)c(OCC(=O)O)cc2S(=O)(=O)C1. The largest absolute Gasteiger partial charge is 0.481 e. The molecule has 9 heteroatoms. The van der Waals surface area contributed by atoms with Crippen molar-refractivity contribution in [2.24, 2.45) is 5.41 Å². The number of carboxylic acids is 1. The predicted octanol–water partition coefficient (Wildman–Crippen LogP) is 5.52. The van der Waals surface area contributed by atoms with Crippen LogP contribution in [-0.2, 0) is 14.6 Å². The number of anilines is 2. The van der Waals surface area contributed by atoms with E-state index in [-0.39, 0.29) is 22.2 Å². The number of unbranched alkanes of at least 4 members (excludes halogenated alkanes) is 1. The maximum atomic E-state index is 13.7. The van der Waals surface area contributed by atoms with Crippen LogP contribution in [0, 0.1) is 11.2 Å². The fraction of sp³-hybridized carbons (Fsp3) is 0.458. The third-order valence-corrected chi connectivity index (χ3v) is 8.91. The average molecular weight is 496 g/mol. The van der Waals surface area contributed by atoms with E-state index in [1.807, 2.05) is 18.1 Å². The molecule has 3 rings (SSSR count).